The molecule has 0 unspecified atom stereocenters. The van der Waals surface area contributed by atoms with Crippen LogP contribution in [0.3, 0.4) is 0 Å². The first-order valence-electron chi connectivity index (χ1n) is 6.47. The van der Waals surface area contributed by atoms with Crippen LogP contribution in [0.4, 0.5) is 0 Å². The second-order valence-corrected chi connectivity index (χ2v) is 4.68. The van der Waals surface area contributed by atoms with Gasteiger partial charge in [-0.25, -0.2) is 4.98 Å². The van der Waals surface area contributed by atoms with Crippen molar-refractivity contribution in [2.45, 2.75) is 44.6 Å². The van der Waals surface area contributed by atoms with E-state index < -0.39 is 0 Å². The number of carbonyl (C=O) groups excluding carboxylic acids is 1. The number of carbonyl (C=O) groups is 1. The predicted octanol–water partition coefficient (Wildman–Crippen LogP) is 2.41. The Morgan fingerprint density at radius 1 is 1.28 bits per heavy atom. The molecule has 1 heterocycles. The highest BCUT2D eigenvalue weighted by Crippen LogP contribution is 2.17. The quantitative estimate of drug-likeness (QED) is 0.811. The molecule has 1 aromatic rings. The lowest BCUT2D eigenvalue weighted by atomic mass is 10.1. The molecule has 4 heteroatoms. The van der Waals surface area contributed by atoms with Gasteiger partial charge in [0.15, 0.2) is 0 Å². The summed E-state index contributed by atoms with van der Waals surface area (Å²) in [6, 6.07) is 7.14. The minimum absolute atomic E-state index is 0.168. The van der Waals surface area contributed by atoms with Crippen LogP contribution < -0.4 is 5.32 Å². The second-order valence-electron chi connectivity index (χ2n) is 4.68. The Morgan fingerprint density at radius 3 is 2.67 bits per heavy atom. The topological polar surface area (TPSA) is 65.8 Å². The predicted molar refractivity (Wildman–Crippen MR) is 67.9 cm³/mol. The fraction of sp³-hybridized carbons (Fsp3) is 0.500. The molecule has 1 aliphatic carbocycles. The lowest BCUT2D eigenvalue weighted by molar-refractivity contribution is 0.0928. The van der Waals surface area contributed by atoms with Gasteiger partial charge in [0.05, 0.1) is 0 Å². The largest absolute Gasteiger partial charge is 0.348 e. The molecule has 0 aliphatic heterocycles. The Hall–Kier alpha value is -1.89. The van der Waals surface area contributed by atoms with E-state index in [0.717, 1.165) is 12.8 Å². The van der Waals surface area contributed by atoms with Gasteiger partial charge in [0.1, 0.15) is 17.5 Å². The molecular weight excluding hydrogens is 226 g/mol. The van der Waals surface area contributed by atoms with Crippen LogP contribution in [0.15, 0.2) is 18.2 Å². The number of hydrogen-bond acceptors (Lipinski definition) is 3. The van der Waals surface area contributed by atoms with E-state index in [0.29, 0.717) is 5.69 Å². The lowest BCUT2D eigenvalue weighted by Gasteiger charge is -2.15. The molecule has 0 atom stereocenters. The molecule has 1 aliphatic rings. The highest BCUT2D eigenvalue weighted by atomic mass is 16.1. The summed E-state index contributed by atoms with van der Waals surface area (Å²) in [5.41, 5.74) is 0.613. The van der Waals surface area contributed by atoms with Gasteiger partial charge in [0, 0.05) is 6.04 Å². The van der Waals surface area contributed by atoms with Crippen LogP contribution in [0.1, 0.15) is 54.7 Å². The van der Waals surface area contributed by atoms with E-state index in [9.17, 15) is 4.79 Å². The van der Waals surface area contributed by atoms with Gasteiger partial charge in [-0.1, -0.05) is 31.7 Å². The summed E-state index contributed by atoms with van der Waals surface area (Å²) in [4.78, 5) is 16.0. The molecule has 1 N–H and O–H groups in total. The Kier molecular flexibility index (Phi) is 4.30. The average Bonchev–Trinajstić information content (AvgIpc) is 2.67. The molecule has 0 aromatic carbocycles. The Bertz CT molecular complexity index is 456. The number of nitrogens with one attached hydrogen (secondary N) is 1. The molecule has 0 radical (unpaired) electrons. The van der Waals surface area contributed by atoms with Gasteiger partial charge >= 0.3 is 0 Å². The average molecular weight is 243 g/mol. The fourth-order valence-corrected chi connectivity index (χ4v) is 2.31. The number of hydrogen-bond donors (Lipinski definition) is 1. The first kappa shape index (κ1) is 12.6. The van der Waals surface area contributed by atoms with E-state index in [1.54, 1.807) is 18.2 Å². The molecule has 1 aromatic heterocycles. The van der Waals surface area contributed by atoms with Gasteiger partial charge < -0.3 is 5.32 Å². The number of rotatable bonds is 2. The van der Waals surface area contributed by atoms with E-state index >= 15 is 0 Å². The summed E-state index contributed by atoms with van der Waals surface area (Å²) in [7, 11) is 0. The fourth-order valence-electron chi connectivity index (χ4n) is 2.31. The van der Waals surface area contributed by atoms with Crippen molar-refractivity contribution in [3.05, 3.63) is 29.6 Å². The third-order valence-electron chi connectivity index (χ3n) is 3.29. The monoisotopic (exact) mass is 243 g/mol. The molecule has 0 bridgehead atoms. The van der Waals surface area contributed by atoms with Gasteiger partial charge in [0.2, 0.25) is 0 Å². The zero-order chi connectivity index (χ0) is 12.8. The molecule has 1 fully saturated rings. The second kappa shape index (κ2) is 6.15. The minimum Gasteiger partial charge on any atom is -0.348 e. The van der Waals surface area contributed by atoms with E-state index in [-0.39, 0.29) is 17.6 Å². The molecule has 4 nitrogen and oxygen atoms in total. The number of nitrogens with zero attached hydrogens (tertiary/aromatic N) is 2. The maximum absolute atomic E-state index is 12.0. The summed E-state index contributed by atoms with van der Waals surface area (Å²) < 4.78 is 0. The molecule has 1 amide bonds. The van der Waals surface area contributed by atoms with Crippen LogP contribution in [0.5, 0.6) is 0 Å². The van der Waals surface area contributed by atoms with Crippen molar-refractivity contribution in [1.82, 2.24) is 10.3 Å². The third-order valence-corrected chi connectivity index (χ3v) is 3.29. The molecule has 0 saturated heterocycles. The maximum Gasteiger partial charge on any atom is 0.270 e. The Morgan fingerprint density at radius 2 is 2.00 bits per heavy atom. The first-order chi connectivity index (χ1) is 8.79. The number of nitriles is 1. The first-order valence-corrected chi connectivity index (χ1v) is 6.47. The molecule has 1 saturated carbocycles. The minimum atomic E-state index is -0.168. The van der Waals surface area contributed by atoms with Crippen molar-refractivity contribution in [3.63, 3.8) is 0 Å². The number of amides is 1. The SMILES string of the molecule is N#Cc1cccc(C(=O)NC2CCCCCC2)n1. The highest BCUT2D eigenvalue weighted by molar-refractivity contribution is 5.92. The highest BCUT2D eigenvalue weighted by Gasteiger charge is 2.16. The molecular formula is C14H17N3O. The van der Waals surface area contributed by atoms with E-state index in [4.69, 9.17) is 5.26 Å². The van der Waals surface area contributed by atoms with Crippen molar-refractivity contribution < 1.29 is 4.79 Å². The zero-order valence-corrected chi connectivity index (χ0v) is 10.4. The van der Waals surface area contributed by atoms with Crippen molar-refractivity contribution >= 4 is 5.91 Å². The smallest absolute Gasteiger partial charge is 0.270 e. The summed E-state index contributed by atoms with van der Waals surface area (Å²) in [5, 5.41) is 11.8. The van der Waals surface area contributed by atoms with Crippen LogP contribution in [0.2, 0.25) is 0 Å². The van der Waals surface area contributed by atoms with E-state index in [1.165, 1.54) is 25.7 Å². The van der Waals surface area contributed by atoms with Crippen molar-refractivity contribution in [2.75, 3.05) is 0 Å². The van der Waals surface area contributed by atoms with Gasteiger partial charge in [-0.15, -0.1) is 0 Å². The van der Waals surface area contributed by atoms with Crippen LogP contribution in [0, 0.1) is 11.3 Å². The van der Waals surface area contributed by atoms with Gasteiger partial charge in [-0.05, 0) is 25.0 Å². The van der Waals surface area contributed by atoms with Crippen molar-refractivity contribution in [3.8, 4) is 6.07 Å². The third kappa shape index (κ3) is 3.30. The van der Waals surface area contributed by atoms with Gasteiger partial charge in [0.25, 0.3) is 5.91 Å². The van der Waals surface area contributed by atoms with Crippen LogP contribution in [-0.2, 0) is 0 Å². The summed E-state index contributed by atoms with van der Waals surface area (Å²) in [6.45, 7) is 0. The molecule has 2 rings (SSSR count). The summed E-state index contributed by atoms with van der Waals surface area (Å²) in [6.07, 6.45) is 6.96. The van der Waals surface area contributed by atoms with Crippen LogP contribution in [-0.4, -0.2) is 16.9 Å². The zero-order valence-electron chi connectivity index (χ0n) is 10.4. The lowest BCUT2D eigenvalue weighted by Crippen LogP contribution is -2.34. The summed E-state index contributed by atoms with van der Waals surface area (Å²) in [5.74, 6) is -0.168. The molecule has 18 heavy (non-hydrogen) atoms. The Balaban J connectivity index is 2.00. The standard InChI is InChI=1S/C14H17N3O/c15-10-12-8-5-9-13(16-12)14(18)17-11-6-3-1-2-4-7-11/h5,8-9,11H,1-4,6-7H2,(H,17,18). The molecule has 0 spiro atoms. The molecule has 94 valence electrons. The maximum atomic E-state index is 12.0. The van der Waals surface area contributed by atoms with Crippen LogP contribution >= 0.6 is 0 Å². The van der Waals surface area contributed by atoms with Crippen LogP contribution in [0.25, 0.3) is 0 Å². The summed E-state index contributed by atoms with van der Waals surface area (Å²) >= 11 is 0. The van der Waals surface area contributed by atoms with E-state index in [1.807, 2.05) is 6.07 Å². The Labute approximate surface area is 107 Å². The van der Waals surface area contributed by atoms with E-state index in [2.05, 4.69) is 10.3 Å². The van der Waals surface area contributed by atoms with Gasteiger partial charge in [-0.3, -0.25) is 4.79 Å². The van der Waals surface area contributed by atoms with Crippen molar-refractivity contribution in [1.29, 1.82) is 5.26 Å². The normalized spacial score (nSPS) is 16.6. The van der Waals surface area contributed by atoms with Crippen molar-refractivity contribution in [2.24, 2.45) is 0 Å². The van der Waals surface area contributed by atoms with Gasteiger partial charge in [-0.2, -0.15) is 5.26 Å². The number of pyridine rings is 1. The number of aromatic nitrogens is 1.